The van der Waals surface area contributed by atoms with Gasteiger partial charge in [-0.3, -0.25) is 9.48 Å². The number of carbonyl (C=O) groups excluding carboxylic acids is 1. The highest BCUT2D eigenvalue weighted by atomic mass is 35.5. The van der Waals surface area contributed by atoms with E-state index in [-0.39, 0.29) is 11.9 Å². The minimum absolute atomic E-state index is 0.0109. The van der Waals surface area contributed by atoms with Crippen LogP contribution in [0.3, 0.4) is 0 Å². The van der Waals surface area contributed by atoms with E-state index in [1.165, 1.54) is 0 Å². The van der Waals surface area contributed by atoms with Crippen molar-refractivity contribution < 1.29 is 4.79 Å². The summed E-state index contributed by atoms with van der Waals surface area (Å²) in [6, 6.07) is 9.24. The lowest BCUT2D eigenvalue weighted by atomic mass is 10.1. The molecule has 0 saturated carbocycles. The lowest BCUT2D eigenvalue weighted by Crippen LogP contribution is -2.33. The second-order valence-corrected chi connectivity index (χ2v) is 4.95. The number of rotatable bonds is 6. The third-order valence-corrected chi connectivity index (χ3v) is 3.55. The van der Waals surface area contributed by atoms with Crippen LogP contribution < -0.4 is 5.32 Å². The normalized spacial score (nSPS) is 12.1. The van der Waals surface area contributed by atoms with Gasteiger partial charge in [-0.1, -0.05) is 36.7 Å². The molecule has 106 valence electrons. The molecule has 0 saturated heterocycles. The Morgan fingerprint density at radius 1 is 1.40 bits per heavy atom. The summed E-state index contributed by atoms with van der Waals surface area (Å²) in [6.45, 7) is 2.54. The predicted octanol–water partition coefficient (Wildman–Crippen LogP) is 2.85. The summed E-state index contributed by atoms with van der Waals surface area (Å²) in [5, 5.41) is 7.80. The van der Waals surface area contributed by atoms with Crippen molar-refractivity contribution in [3.8, 4) is 0 Å². The smallest absolute Gasteiger partial charge is 0.244 e. The molecule has 1 amide bonds. The van der Waals surface area contributed by atoms with Crippen molar-refractivity contribution in [1.82, 2.24) is 15.1 Å². The zero-order chi connectivity index (χ0) is 14.4. The number of carbonyl (C=O) groups is 1. The molecule has 0 spiro atoms. The van der Waals surface area contributed by atoms with E-state index in [0.29, 0.717) is 13.0 Å². The third-order valence-electron chi connectivity index (χ3n) is 3.18. The highest BCUT2D eigenvalue weighted by Crippen LogP contribution is 2.15. The fraction of sp³-hybridized carbons (Fsp3) is 0.333. The van der Waals surface area contributed by atoms with Crippen molar-refractivity contribution in [3.05, 3.63) is 53.3 Å². The highest BCUT2D eigenvalue weighted by Gasteiger charge is 2.17. The Balaban J connectivity index is 1.87. The molecule has 2 rings (SSSR count). The number of benzene rings is 1. The van der Waals surface area contributed by atoms with Crippen LogP contribution in [0.15, 0.2) is 42.7 Å². The van der Waals surface area contributed by atoms with Gasteiger partial charge in [-0.2, -0.15) is 5.10 Å². The van der Waals surface area contributed by atoms with Crippen molar-refractivity contribution in [3.63, 3.8) is 0 Å². The largest absolute Gasteiger partial charge is 0.354 e. The van der Waals surface area contributed by atoms with Crippen molar-refractivity contribution in [2.75, 3.05) is 6.54 Å². The van der Waals surface area contributed by atoms with Crippen LogP contribution >= 0.6 is 11.6 Å². The summed E-state index contributed by atoms with van der Waals surface area (Å²) in [4.78, 5) is 12.1. The van der Waals surface area contributed by atoms with Crippen LogP contribution in [0.25, 0.3) is 0 Å². The van der Waals surface area contributed by atoms with Gasteiger partial charge in [0.1, 0.15) is 6.04 Å². The number of hydrogen-bond acceptors (Lipinski definition) is 2. The van der Waals surface area contributed by atoms with Gasteiger partial charge < -0.3 is 5.32 Å². The Morgan fingerprint density at radius 3 is 2.85 bits per heavy atom. The minimum atomic E-state index is -0.253. The zero-order valence-electron chi connectivity index (χ0n) is 11.4. The van der Waals surface area contributed by atoms with Gasteiger partial charge in [-0.05, 0) is 30.5 Å². The first-order valence-corrected chi connectivity index (χ1v) is 7.10. The summed E-state index contributed by atoms with van der Waals surface area (Å²) in [7, 11) is 0. The summed E-state index contributed by atoms with van der Waals surface area (Å²) in [5.41, 5.74) is 1.04. The molecule has 20 heavy (non-hydrogen) atoms. The van der Waals surface area contributed by atoms with Gasteiger partial charge in [-0.25, -0.2) is 0 Å². The average Bonchev–Trinajstić information content (AvgIpc) is 2.96. The van der Waals surface area contributed by atoms with Crippen LogP contribution in [-0.4, -0.2) is 22.2 Å². The highest BCUT2D eigenvalue weighted by molar-refractivity contribution is 6.31. The second kappa shape index (κ2) is 7.10. The van der Waals surface area contributed by atoms with Crippen LogP contribution in [0, 0.1) is 0 Å². The van der Waals surface area contributed by atoms with Crippen molar-refractivity contribution in [2.45, 2.75) is 25.8 Å². The Labute approximate surface area is 123 Å². The molecule has 0 fully saturated rings. The quantitative estimate of drug-likeness (QED) is 0.889. The Morgan fingerprint density at radius 2 is 2.20 bits per heavy atom. The molecule has 0 aliphatic heterocycles. The first-order valence-electron chi connectivity index (χ1n) is 6.72. The molecule has 0 unspecified atom stereocenters. The van der Waals surface area contributed by atoms with Crippen LogP contribution in [-0.2, 0) is 11.2 Å². The molecule has 5 heteroatoms. The van der Waals surface area contributed by atoms with Crippen molar-refractivity contribution in [2.24, 2.45) is 0 Å². The molecular formula is C15H18ClN3O. The maximum Gasteiger partial charge on any atom is 0.244 e. The topological polar surface area (TPSA) is 46.9 Å². The van der Waals surface area contributed by atoms with Gasteiger partial charge >= 0.3 is 0 Å². The number of hydrogen-bond donors (Lipinski definition) is 1. The lowest BCUT2D eigenvalue weighted by Gasteiger charge is -2.15. The number of amides is 1. The molecule has 1 aromatic heterocycles. The van der Waals surface area contributed by atoms with Crippen LogP contribution in [0.2, 0.25) is 5.02 Å². The molecule has 1 heterocycles. The lowest BCUT2D eigenvalue weighted by molar-refractivity contribution is -0.124. The maximum absolute atomic E-state index is 12.1. The average molecular weight is 292 g/mol. The van der Waals surface area contributed by atoms with E-state index in [1.54, 1.807) is 10.9 Å². The zero-order valence-corrected chi connectivity index (χ0v) is 12.2. The van der Waals surface area contributed by atoms with Crippen LogP contribution in [0.4, 0.5) is 0 Å². The van der Waals surface area contributed by atoms with E-state index in [4.69, 9.17) is 11.6 Å². The molecule has 1 aromatic carbocycles. The van der Waals surface area contributed by atoms with E-state index in [2.05, 4.69) is 10.4 Å². The maximum atomic E-state index is 12.1. The monoisotopic (exact) mass is 291 g/mol. The van der Waals surface area contributed by atoms with Crippen molar-refractivity contribution >= 4 is 17.5 Å². The summed E-state index contributed by atoms with van der Waals surface area (Å²) in [5.74, 6) is -0.0109. The number of nitrogens with zero attached hydrogens (tertiary/aromatic N) is 2. The molecule has 0 radical (unpaired) electrons. The van der Waals surface area contributed by atoms with E-state index < -0.39 is 0 Å². The fourth-order valence-electron chi connectivity index (χ4n) is 2.10. The molecule has 0 aliphatic carbocycles. The number of nitrogens with one attached hydrogen (secondary N) is 1. The van der Waals surface area contributed by atoms with Gasteiger partial charge in [0.05, 0.1) is 0 Å². The second-order valence-electron chi connectivity index (χ2n) is 4.54. The molecule has 0 aliphatic rings. The van der Waals surface area contributed by atoms with Gasteiger partial charge in [0.25, 0.3) is 0 Å². The predicted molar refractivity (Wildman–Crippen MR) is 79.7 cm³/mol. The van der Waals surface area contributed by atoms with E-state index in [1.807, 2.05) is 43.5 Å². The molecule has 4 nitrogen and oxygen atoms in total. The Bertz CT molecular complexity index is 554. The van der Waals surface area contributed by atoms with Gasteiger partial charge in [-0.15, -0.1) is 0 Å². The summed E-state index contributed by atoms with van der Waals surface area (Å²) >= 11 is 6.08. The minimum Gasteiger partial charge on any atom is -0.354 e. The molecule has 0 bridgehead atoms. The number of aromatic nitrogens is 2. The van der Waals surface area contributed by atoms with Crippen LogP contribution in [0.1, 0.15) is 24.9 Å². The van der Waals surface area contributed by atoms with E-state index in [9.17, 15) is 4.79 Å². The standard InChI is InChI=1S/C15H18ClN3O/c1-2-14(19-11-5-9-18-19)15(20)17-10-8-12-6-3-4-7-13(12)16/h3-7,9,11,14H,2,8,10H2,1H3,(H,17,20)/t14-/m1/s1. The molecule has 1 atom stereocenters. The Kier molecular flexibility index (Phi) is 5.18. The SMILES string of the molecule is CC[C@H](C(=O)NCCc1ccccc1Cl)n1cccn1. The summed E-state index contributed by atoms with van der Waals surface area (Å²) in [6.07, 6.45) is 4.92. The first kappa shape index (κ1) is 14.6. The molecule has 2 aromatic rings. The fourth-order valence-corrected chi connectivity index (χ4v) is 2.33. The molecule has 1 N–H and O–H groups in total. The molecular weight excluding hydrogens is 274 g/mol. The van der Waals surface area contributed by atoms with Gasteiger partial charge in [0.15, 0.2) is 0 Å². The Hall–Kier alpha value is -1.81. The van der Waals surface area contributed by atoms with E-state index in [0.717, 1.165) is 17.0 Å². The van der Waals surface area contributed by atoms with Crippen LogP contribution in [0.5, 0.6) is 0 Å². The number of halogens is 1. The van der Waals surface area contributed by atoms with Gasteiger partial charge in [0, 0.05) is 24.0 Å². The van der Waals surface area contributed by atoms with E-state index >= 15 is 0 Å². The van der Waals surface area contributed by atoms with Crippen molar-refractivity contribution in [1.29, 1.82) is 0 Å². The van der Waals surface area contributed by atoms with Gasteiger partial charge in [0.2, 0.25) is 5.91 Å². The third kappa shape index (κ3) is 3.61. The first-order chi connectivity index (χ1) is 9.72. The summed E-state index contributed by atoms with van der Waals surface area (Å²) < 4.78 is 1.69.